The number of anilines is 1. The van der Waals surface area contributed by atoms with Gasteiger partial charge in [0.1, 0.15) is 5.82 Å². The third kappa shape index (κ3) is 3.16. The molecule has 0 radical (unpaired) electrons. The standard InChI is InChI=1S/C12H18N4O2/c1-18-9-6-13-11-5-4-10(14-15-11)12(17)16-7-2-3-8-16/h4-5H,2-3,6-9H2,1H3,(H,13,15). The Kier molecular flexibility index (Phi) is 4.46. The maximum Gasteiger partial charge on any atom is 0.274 e. The van der Waals surface area contributed by atoms with Crippen molar-refractivity contribution in [2.75, 3.05) is 38.7 Å². The summed E-state index contributed by atoms with van der Waals surface area (Å²) >= 11 is 0. The maximum atomic E-state index is 12.0. The Morgan fingerprint density at radius 1 is 1.39 bits per heavy atom. The summed E-state index contributed by atoms with van der Waals surface area (Å²) in [6, 6.07) is 3.48. The number of methoxy groups -OCH3 is 1. The summed E-state index contributed by atoms with van der Waals surface area (Å²) in [6.07, 6.45) is 2.16. The van der Waals surface area contributed by atoms with Gasteiger partial charge in [-0.25, -0.2) is 0 Å². The fraction of sp³-hybridized carbons (Fsp3) is 0.583. The minimum atomic E-state index is -0.0246. The summed E-state index contributed by atoms with van der Waals surface area (Å²) in [7, 11) is 1.64. The molecule has 1 fully saturated rings. The number of rotatable bonds is 5. The molecule has 1 aliphatic rings. The molecule has 1 saturated heterocycles. The Morgan fingerprint density at radius 3 is 2.78 bits per heavy atom. The van der Waals surface area contributed by atoms with Crippen molar-refractivity contribution < 1.29 is 9.53 Å². The van der Waals surface area contributed by atoms with Crippen LogP contribution in [0.3, 0.4) is 0 Å². The molecule has 0 bridgehead atoms. The van der Waals surface area contributed by atoms with Crippen LogP contribution in [-0.2, 0) is 4.74 Å². The van der Waals surface area contributed by atoms with Crippen molar-refractivity contribution in [1.29, 1.82) is 0 Å². The van der Waals surface area contributed by atoms with Gasteiger partial charge in [0.25, 0.3) is 5.91 Å². The van der Waals surface area contributed by atoms with E-state index in [1.54, 1.807) is 19.2 Å². The van der Waals surface area contributed by atoms with E-state index in [9.17, 15) is 4.79 Å². The first kappa shape index (κ1) is 12.8. The number of carbonyl (C=O) groups is 1. The van der Waals surface area contributed by atoms with Gasteiger partial charge in [0.15, 0.2) is 5.69 Å². The van der Waals surface area contributed by atoms with Crippen molar-refractivity contribution in [2.45, 2.75) is 12.8 Å². The van der Waals surface area contributed by atoms with Gasteiger partial charge in [-0.1, -0.05) is 0 Å². The molecule has 1 aliphatic heterocycles. The Bertz CT molecular complexity index is 388. The molecule has 0 aliphatic carbocycles. The van der Waals surface area contributed by atoms with Crippen LogP contribution in [0.25, 0.3) is 0 Å². The lowest BCUT2D eigenvalue weighted by Crippen LogP contribution is -2.28. The van der Waals surface area contributed by atoms with E-state index >= 15 is 0 Å². The van der Waals surface area contributed by atoms with Gasteiger partial charge in [0.2, 0.25) is 0 Å². The highest BCUT2D eigenvalue weighted by atomic mass is 16.5. The van der Waals surface area contributed by atoms with Gasteiger partial charge in [-0.05, 0) is 25.0 Å². The van der Waals surface area contributed by atoms with Crippen molar-refractivity contribution in [3.63, 3.8) is 0 Å². The van der Waals surface area contributed by atoms with Gasteiger partial charge in [-0.3, -0.25) is 4.79 Å². The first-order chi connectivity index (χ1) is 8.81. The highest BCUT2D eigenvalue weighted by Gasteiger charge is 2.20. The second kappa shape index (κ2) is 6.30. The fourth-order valence-electron chi connectivity index (χ4n) is 1.90. The highest BCUT2D eigenvalue weighted by molar-refractivity contribution is 5.92. The molecule has 6 nitrogen and oxygen atoms in total. The van der Waals surface area contributed by atoms with E-state index in [1.807, 2.05) is 4.90 Å². The number of hydrogen-bond acceptors (Lipinski definition) is 5. The van der Waals surface area contributed by atoms with Gasteiger partial charge >= 0.3 is 0 Å². The van der Waals surface area contributed by atoms with E-state index < -0.39 is 0 Å². The molecule has 1 aromatic rings. The van der Waals surface area contributed by atoms with Crippen LogP contribution in [0, 0.1) is 0 Å². The third-order valence-electron chi connectivity index (χ3n) is 2.89. The number of aromatic nitrogens is 2. The van der Waals surface area contributed by atoms with Gasteiger partial charge in [-0.15, -0.1) is 10.2 Å². The minimum absolute atomic E-state index is 0.0246. The summed E-state index contributed by atoms with van der Waals surface area (Å²) in [5.41, 5.74) is 0.411. The smallest absolute Gasteiger partial charge is 0.274 e. The third-order valence-corrected chi connectivity index (χ3v) is 2.89. The Hall–Kier alpha value is -1.69. The normalized spacial score (nSPS) is 14.8. The first-order valence-corrected chi connectivity index (χ1v) is 6.17. The molecule has 2 heterocycles. The van der Waals surface area contributed by atoms with Crippen molar-refractivity contribution in [2.24, 2.45) is 0 Å². The zero-order valence-electron chi connectivity index (χ0n) is 10.6. The second-order valence-corrected chi connectivity index (χ2v) is 4.22. The highest BCUT2D eigenvalue weighted by Crippen LogP contribution is 2.11. The molecule has 1 amide bonds. The topological polar surface area (TPSA) is 67.3 Å². The van der Waals surface area contributed by atoms with Crippen LogP contribution in [0.4, 0.5) is 5.82 Å². The molecule has 0 saturated carbocycles. The zero-order valence-corrected chi connectivity index (χ0v) is 10.6. The summed E-state index contributed by atoms with van der Waals surface area (Å²) in [5, 5.41) is 11.0. The van der Waals surface area contributed by atoms with Crippen LogP contribution in [0.1, 0.15) is 23.3 Å². The van der Waals surface area contributed by atoms with Crippen molar-refractivity contribution >= 4 is 11.7 Å². The lowest BCUT2D eigenvalue weighted by atomic mass is 10.3. The van der Waals surface area contributed by atoms with Gasteiger partial charge < -0.3 is 15.0 Å². The number of carbonyl (C=O) groups excluding carboxylic acids is 1. The average Bonchev–Trinajstić information content (AvgIpc) is 2.93. The molecule has 1 N–H and O–H groups in total. The lowest BCUT2D eigenvalue weighted by Gasteiger charge is -2.14. The number of nitrogens with zero attached hydrogens (tertiary/aromatic N) is 3. The number of nitrogens with one attached hydrogen (secondary N) is 1. The Balaban J connectivity index is 1.92. The number of amides is 1. The number of hydrogen-bond donors (Lipinski definition) is 1. The monoisotopic (exact) mass is 250 g/mol. The predicted octanol–water partition coefficient (Wildman–Crippen LogP) is 0.771. The molecule has 1 aromatic heterocycles. The molecule has 98 valence electrons. The second-order valence-electron chi connectivity index (χ2n) is 4.22. The van der Waals surface area contributed by atoms with Crippen molar-refractivity contribution in [3.05, 3.63) is 17.8 Å². The molecule has 2 rings (SSSR count). The lowest BCUT2D eigenvalue weighted by molar-refractivity contribution is 0.0786. The summed E-state index contributed by atoms with van der Waals surface area (Å²) < 4.78 is 4.92. The van der Waals surface area contributed by atoms with E-state index in [-0.39, 0.29) is 5.91 Å². The van der Waals surface area contributed by atoms with E-state index in [1.165, 1.54) is 0 Å². The SMILES string of the molecule is COCCNc1ccc(C(=O)N2CCCC2)nn1. The van der Waals surface area contributed by atoms with E-state index in [2.05, 4.69) is 15.5 Å². The molecule has 0 aromatic carbocycles. The van der Waals surface area contributed by atoms with Crippen LogP contribution >= 0.6 is 0 Å². The summed E-state index contributed by atoms with van der Waals surface area (Å²) in [4.78, 5) is 13.8. The van der Waals surface area contributed by atoms with E-state index in [0.29, 0.717) is 24.7 Å². The molecule has 0 atom stereocenters. The van der Waals surface area contributed by atoms with Gasteiger partial charge in [0.05, 0.1) is 6.61 Å². The van der Waals surface area contributed by atoms with Crippen LogP contribution in [0.2, 0.25) is 0 Å². The molecular formula is C12H18N4O2. The molecule has 18 heavy (non-hydrogen) atoms. The minimum Gasteiger partial charge on any atom is -0.383 e. The predicted molar refractivity (Wildman–Crippen MR) is 67.5 cm³/mol. The van der Waals surface area contributed by atoms with Crippen LogP contribution in [0.15, 0.2) is 12.1 Å². The van der Waals surface area contributed by atoms with E-state index in [4.69, 9.17) is 4.74 Å². The van der Waals surface area contributed by atoms with Gasteiger partial charge in [-0.2, -0.15) is 0 Å². The molecule has 0 unspecified atom stereocenters. The van der Waals surface area contributed by atoms with Crippen molar-refractivity contribution in [1.82, 2.24) is 15.1 Å². The largest absolute Gasteiger partial charge is 0.383 e. The van der Waals surface area contributed by atoms with Crippen molar-refractivity contribution in [3.8, 4) is 0 Å². The van der Waals surface area contributed by atoms with Crippen LogP contribution < -0.4 is 5.32 Å². The zero-order chi connectivity index (χ0) is 12.8. The fourth-order valence-corrected chi connectivity index (χ4v) is 1.90. The van der Waals surface area contributed by atoms with Crippen LogP contribution in [-0.4, -0.2) is 54.4 Å². The maximum absolute atomic E-state index is 12.0. The van der Waals surface area contributed by atoms with Gasteiger partial charge in [0, 0.05) is 26.7 Å². The number of ether oxygens (including phenoxy) is 1. The van der Waals surface area contributed by atoms with E-state index in [0.717, 1.165) is 25.9 Å². The van der Waals surface area contributed by atoms with Crippen LogP contribution in [0.5, 0.6) is 0 Å². The first-order valence-electron chi connectivity index (χ1n) is 6.17. The molecule has 6 heteroatoms. The molecule has 0 spiro atoms. The Morgan fingerprint density at radius 2 is 2.17 bits per heavy atom. The summed E-state index contributed by atoms with van der Waals surface area (Å²) in [6.45, 7) is 2.93. The molecular weight excluding hydrogens is 232 g/mol. The quantitative estimate of drug-likeness (QED) is 0.782. The number of likely N-dealkylation sites (tertiary alicyclic amines) is 1. The Labute approximate surface area is 106 Å². The summed E-state index contributed by atoms with van der Waals surface area (Å²) in [5.74, 6) is 0.633. The average molecular weight is 250 g/mol.